The number of benzene rings is 1. The highest BCUT2D eigenvalue weighted by Crippen LogP contribution is 2.17. The molecular weight excluding hydrogens is 324 g/mol. The van der Waals surface area contributed by atoms with Crippen LogP contribution < -0.4 is 15.0 Å². The molecule has 25 heavy (non-hydrogen) atoms. The monoisotopic (exact) mass is 346 g/mol. The van der Waals surface area contributed by atoms with E-state index in [1.165, 1.54) is 0 Å². The third-order valence-corrected chi connectivity index (χ3v) is 3.53. The Morgan fingerprint density at radius 2 is 2.00 bits per heavy atom. The molecule has 0 saturated carbocycles. The van der Waals surface area contributed by atoms with Gasteiger partial charge in [0.15, 0.2) is 0 Å². The van der Waals surface area contributed by atoms with Crippen LogP contribution >= 0.6 is 0 Å². The van der Waals surface area contributed by atoms with E-state index in [4.69, 9.17) is 19.4 Å². The Balaban J connectivity index is 1.93. The molecule has 1 unspecified atom stereocenters. The SMILES string of the molecule is CCOC(Cc1ccc(OCc2cc(OC)ccn2)cc1)C(=O)NO. The Hall–Kier alpha value is -2.64. The fraction of sp³-hybridized carbons (Fsp3) is 0.333. The van der Waals surface area contributed by atoms with Crippen LogP contribution in [0.1, 0.15) is 18.2 Å². The number of rotatable bonds is 9. The van der Waals surface area contributed by atoms with Crippen molar-refractivity contribution in [2.45, 2.75) is 26.1 Å². The first-order valence-corrected chi connectivity index (χ1v) is 7.92. The fourth-order valence-corrected chi connectivity index (χ4v) is 2.26. The van der Waals surface area contributed by atoms with Crippen LogP contribution in [0.5, 0.6) is 11.5 Å². The van der Waals surface area contributed by atoms with E-state index in [0.717, 1.165) is 17.0 Å². The van der Waals surface area contributed by atoms with Crippen molar-refractivity contribution in [3.05, 3.63) is 53.9 Å². The van der Waals surface area contributed by atoms with Crippen LogP contribution in [0, 0.1) is 0 Å². The van der Waals surface area contributed by atoms with Gasteiger partial charge in [-0.15, -0.1) is 0 Å². The minimum absolute atomic E-state index is 0.324. The number of hydroxylamine groups is 1. The van der Waals surface area contributed by atoms with Crippen LogP contribution in [0.25, 0.3) is 0 Å². The van der Waals surface area contributed by atoms with Crippen LogP contribution in [0.2, 0.25) is 0 Å². The van der Waals surface area contributed by atoms with Crippen molar-refractivity contribution in [1.82, 2.24) is 10.5 Å². The van der Waals surface area contributed by atoms with Gasteiger partial charge in [-0.3, -0.25) is 15.0 Å². The number of nitrogens with zero attached hydrogens (tertiary/aromatic N) is 1. The number of ether oxygens (including phenoxy) is 3. The molecule has 7 nitrogen and oxygen atoms in total. The lowest BCUT2D eigenvalue weighted by molar-refractivity contribution is -0.141. The molecule has 0 spiro atoms. The summed E-state index contributed by atoms with van der Waals surface area (Å²) >= 11 is 0. The minimum Gasteiger partial charge on any atom is -0.497 e. The van der Waals surface area contributed by atoms with Crippen molar-refractivity contribution in [3.63, 3.8) is 0 Å². The molecule has 2 aromatic rings. The van der Waals surface area contributed by atoms with E-state index < -0.39 is 12.0 Å². The fourth-order valence-electron chi connectivity index (χ4n) is 2.26. The molecule has 1 aromatic heterocycles. The predicted molar refractivity (Wildman–Crippen MR) is 90.6 cm³/mol. The van der Waals surface area contributed by atoms with Gasteiger partial charge in [0.25, 0.3) is 5.91 Å². The minimum atomic E-state index is -0.734. The topological polar surface area (TPSA) is 89.9 Å². The average Bonchev–Trinajstić information content (AvgIpc) is 2.66. The summed E-state index contributed by atoms with van der Waals surface area (Å²) in [6.45, 7) is 2.50. The molecule has 1 heterocycles. The highest BCUT2D eigenvalue weighted by molar-refractivity contribution is 5.79. The number of hydrogen-bond acceptors (Lipinski definition) is 6. The molecule has 1 atom stereocenters. The van der Waals surface area contributed by atoms with Gasteiger partial charge in [0.05, 0.1) is 12.8 Å². The second kappa shape index (κ2) is 9.61. The van der Waals surface area contributed by atoms with Gasteiger partial charge in [-0.25, -0.2) is 5.48 Å². The van der Waals surface area contributed by atoms with Gasteiger partial charge >= 0.3 is 0 Å². The summed E-state index contributed by atoms with van der Waals surface area (Å²) in [4.78, 5) is 15.8. The van der Waals surface area contributed by atoms with Crippen molar-refractivity contribution in [3.8, 4) is 11.5 Å². The average molecular weight is 346 g/mol. The van der Waals surface area contributed by atoms with Crippen molar-refractivity contribution in [1.29, 1.82) is 0 Å². The lowest BCUT2D eigenvalue weighted by atomic mass is 10.1. The molecule has 2 rings (SSSR count). The maximum Gasteiger partial charge on any atom is 0.272 e. The highest BCUT2D eigenvalue weighted by Gasteiger charge is 2.18. The zero-order valence-corrected chi connectivity index (χ0v) is 14.3. The molecule has 0 fully saturated rings. The van der Waals surface area contributed by atoms with Crippen LogP contribution in [-0.2, 0) is 22.6 Å². The molecule has 0 aliphatic heterocycles. The highest BCUT2D eigenvalue weighted by atomic mass is 16.5. The van der Waals surface area contributed by atoms with Gasteiger partial charge in [-0.2, -0.15) is 0 Å². The molecular formula is C18H22N2O5. The number of carbonyl (C=O) groups excluding carboxylic acids is 1. The number of pyridine rings is 1. The van der Waals surface area contributed by atoms with Crippen molar-refractivity contribution < 1.29 is 24.2 Å². The number of carbonyl (C=O) groups is 1. The maximum atomic E-state index is 11.6. The van der Waals surface area contributed by atoms with E-state index in [9.17, 15) is 4.79 Å². The van der Waals surface area contributed by atoms with Crippen LogP contribution in [0.3, 0.4) is 0 Å². The van der Waals surface area contributed by atoms with Crippen LogP contribution in [0.15, 0.2) is 42.6 Å². The third-order valence-electron chi connectivity index (χ3n) is 3.53. The Kier molecular flexibility index (Phi) is 7.18. The normalized spacial score (nSPS) is 11.6. The van der Waals surface area contributed by atoms with E-state index >= 15 is 0 Å². The first-order valence-electron chi connectivity index (χ1n) is 7.92. The molecule has 0 radical (unpaired) electrons. The Labute approximate surface area is 146 Å². The number of amides is 1. The number of methoxy groups -OCH3 is 1. The van der Waals surface area contributed by atoms with E-state index in [2.05, 4.69) is 4.98 Å². The zero-order valence-electron chi connectivity index (χ0n) is 14.3. The van der Waals surface area contributed by atoms with Crippen LogP contribution in [-0.4, -0.2) is 35.9 Å². The number of nitrogens with one attached hydrogen (secondary N) is 1. The van der Waals surface area contributed by atoms with Crippen LogP contribution in [0.4, 0.5) is 0 Å². The van der Waals surface area contributed by atoms with Gasteiger partial charge < -0.3 is 14.2 Å². The summed E-state index contributed by atoms with van der Waals surface area (Å²) in [5.41, 5.74) is 3.28. The smallest absolute Gasteiger partial charge is 0.272 e. The predicted octanol–water partition coefficient (Wildman–Crippen LogP) is 2.12. The Bertz CT molecular complexity index is 675. The van der Waals surface area contributed by atoms with E-state index in [1.54, 1.807) is 31.8 Å². The lowest BCUT2D eigenvalue weighted by Crippen LogP contribution is -2.36. The molecule has 0 saturated heterocycles. The number of aromatic nitrogens is 1. The standard InChI is InChI=1S/C18H22N2O5/c1-3-24-17(18(21)20-22)10-13-4-6-15(7-5-13)25-12-14-11-16(23-2)8-9-19-14/h4-9,11,17,22H,3,10,12H2,1-2H3,(H,20,21). The van der Waals surface area contributed by atoms with Crippen molar-refractivity contribution in [2.24, 2.45) is 0 Å². The Morgan fingerprint density at radius 1 is 1.24 bits per heavy atom. The van der Waals surface area contributed by atoms with Gasteiger partial charge in [-0.1, -0.05) is 12.1 Å². The van der Waals surface area contributed by atoms with Crippen molar-refractivity contribution in [2.75, 3.05) is 13.7 Å². The third kappa shape index (κ3) is 5.74. The summed E-state index contributed by atoms with van der Waals surface area (Å²) in [6, 6.07) is 10.9. The molecule has 0 aliphatic carbocycles. The zero-order chi connectivity index (χ0) is 18.1. The summed E-state index contributed by atoms with van der Waals surface area (Å²) in [5, 5.41) is 8.76. The summed E-state index contributed by atoms with van der Waals surface area (Å²) < 4.78 is 16.2. The number of hydrogen-bond donors (Lipinski definition) is 2. The maximum absolute atomic E-state index is 11.6. The molecule has 7 heteroatoms. The molecule has 2 N–H and O–H groups in total. The first kappa shape index (κ1) is 18.7. The van der Waals surface area contributed by atoms with E-state index in [1.807, 2.05) is 30.3 Å². The van der Waals surface area contributed by atoms with Gasteiger partial charge in [0.1, 0.15) is 24.2 Å². The molecule has 0 aliphatic rings. The molecule has 1 amide bonds. The van der Waals surface area contributed by atoms with E-state index in [0.29, 0.717) is 25.4 Å². The Morgan fingerprint density at radius 3 is 2.64 bits per heavy atom. The van der Waals surface area contributed by atoms with Gasteiger partial charge in [0, 0.05) is 25.3 Å². The van der Waals surface area contributed by atoms with E-state index in [-0.39, 0.29) is 0 Å². The van der Waals surface area contributed by atoms with Gasteiger partial charge in [-0.05, 0) is 30.7 Å². The molecule has 134 valence electrons. The quantitative estimate of drug-likeness (QED) is 0.534. The van der Waals surface area contributed by atoms with Gasteiger partial charge in [0.2, 0.25) is 0 Å². The second-order valence-corrected chi connectivity index (χ2v) is 5.24. The van der Waals surface area contributed by atoms with Crippen molar-refractivity contribution >= 4 is 5.91 Å². The summed E-state index contributed by atoms with van der Waals surface area (Å²) in [6.07, 6.45) is 1.29. The second-order valence-electron chi connectivity index (χ2n) is 5.24. The summed E-state index contributed by atoms with van der Waals surface area (Å²) in [7, 11) is 1.60. The summed E-state index contributed by atoms with van der Waals surface area (Å²) in [5.74, 6) is 0.854. The molecule has 1 aromatic carbocycles. The largest absolute Gasteiger partial charge is 0.497 e. The molecule has 0 bridgehead atoms. The lowest BCUT2D eigenvalue weighted by Gasteiger charge is -2.15. The first-order chi connectivity index (χ1) is 12.2.